The fourth-order valence-electron chi connectivity index (χ4n) is 1.57. The lowest BCUT2D eigenvalue weighted by molar-refractivity contribution is -0.137. The van der Waals surface area contributed by atoms with Crippen molar-refractivity contribution in [3.05, 3.63) is 28.2 Å². The summed E-state index contributed by atoms with van der Waals surface area (Å²) in [6.45, 7) is 3.39. The number of alkyl halides is 3. The molecule has 1 aromatic rings. The number of aliphatic hydroxyl groups is 1. The van der Waals surface area contributed by atoms with Crippen molar-refractivity contribution in [3.63, 3.8) is 0 Å². The summed E-state index contributed by atoms with van der Waals surface area (Å²) >= 11 is 3.15. The first-order valence-corrected chi connectivity index (χ1v) is 6.21. The van der Waals surface area contributed by atoms with Crippen LogP contribution in [0.1, 0.15) is 25.8 Å². The molecule has 2 N–H and O–H groups in total. The maximum Gasteiger partial charge on any atom is 0.418 e. The van der Waals surface area contributed by atoms with Crippen LogP contribution in [0.2, 0.25) is 0 Å². The normalized spacial score (nSPS) is 12.6. The van der Waals surface area contributed by atoms with E-state index in [2.05, 4.69) is 21.2 Å². The molecule has 1 rings (SSSR count). The zero-order valence-electron chi connectivity index (χ0n) is 10.1. The molecule has 0 bridgehead atoms. The highest BCUT2D eigenvalue weighted by Gasteiger charge is 2.34. The Kier molecular flexibility index (Phi) is 4.66. The van der Waals surface area contributed by atoms with Crippen LogP contribution in [0.3, 0.4) is 0 Å². The predicted octanol–water partition coefficient (Wildman–Crippen LogP) is 4.04. The van der Waals surface area contributed by atoms with Crippen molar-refractivity contribution in [1.82, 2.24) is 0 Å². The molecule has 0 heterocycles. The quantitative estimate of drug-likeness (QED) is 0.875. The number of hydrogen-bond acceptors (Lipinski definition) is 2. The molecule has 0 atom stereocenters. The summed E-state index contributed by atoms with van der Waals surface area (Å²) in [6, 6.07) is 3.77. The monoisotopic (exact) mass is 325 g/mol. The molecule has 0 amide bonds. The van der Waals surface area contributed by atoms with Gasteiger partial charge in [0.25, 0.3) is 0 Å². The molecule has 2 nitrogen and oxygen atoms in total. The molecule has 0 radical (unpaired) electrons. The van der Waals surface area contributed by atoms with Gasteiger partial charge < -0.3 is 10.4 Å². The Morgan fingerprint density at radius 2 is 1.89 bits per heavy atom. The molecule has 6 heteroatoms. The van der Waals surface area contributed by atoms with Gasteiger partial charge in [-0.1, -0.05) is 15.9 Å². The Balaban J connectivity index is 3.11. The molecule has 0 unspecified atom stereocenters. The number of rotatable bonds is 4. The Morgan fingerprint density at radius 3 is 2.39 bits per heavy atom. The van der Waals surface area contributed by atoms with E-state index in [4.69, 9.17) is 5.11 Å². The largest absolute Gasteiger partial charge is 0.418 e. The van der Waals surface area contributed by atoms with Crippen LogP contribution >= 0.6 is 15.9 Å². The first-order valence-electron chi connectivity index (χ1n) is 5.41. The number of benzene rings is 1. The van der Waals surface area contributed by atoms with Crippen LogP contribution in [0, 0.1) is 0 Å². The number of nitrogens with one attached hydrogen (secondary N) is 1. The third-order valence-electron chi connectivity index (χ3n) is 2.50. The van der Waals surface area contributed by atoms with Crippen LogP contribution in [0.4, 0.5) is 18.9 Å². The average molecular weight is 326 g/mol. The van der Waals surface area contributed by atoms with E-state index < -0.39 is 17.3 Å². The first kappa shape index (κ1) is 15.3. The van der Waals surface area contributed by atoms with Crippen molar-refractivity contribution in [3.8, 4) is 0 Å². The van der Waals surface area contributed by atoms with E-state index in [-0.39, 0.29) is 12.3 Å². The summed E-state index contributed by atoms with van der Waals surface area (Å²) in [4.78, 5) is 0. The van der Waals surface area contributed by atoms with E-state index in [0.29, 0.717) is 10.9 Å². The van der Waals surface area contributed by atoms with Gasteiger partial charge in [-0.15, -0.1) is 0 Å². The second-order valence-electron chi connectivity index (χ2n) is 4.67. The molecule has 0 spiro atoms. The summed E-state index contributed by atoms with van der Waals surface area (Å²) in [6.07, 6.45) is -4.05. The van der Waals surface area contributed by atoms with Gasteiger partial charge in [-0.2, -0.15) is 13.2 Å². The lowest BCUT2D eigenvalue weighted by atomic mass is 9.99. The Labute approximate surface area is 112 Å². The van der Waals surface area contributed by atoms with Crippen LogP contribution in [-0.4, -0.2) is 17.3 Å². The summed E-state index contributed by atoms with van der Waals surface area (Å²) in [5.41, 5.74) is -1.32. The predicted molar refractivity (Wildman–Crippen MR) is 68.5 cm³/mol. The minimum Gasteiger partial charge on any atom is -0.396 e. The van der Waals surface area contributed by atoms with E-state index in [1.54, 1.807) is 13.8 Å². The van der Waals surface area contributed by atoms with Gasteiger partial charge in [-0.25, -0.2) is 0 Å². The number of anilines is 1. The van der Waals surface area contributed by atoms with Crippen molar-refractivity contribution < 1.29 is 18.3 Å². The van der Waals surface area contributed by atoms with Crippen molar-refractivity contribution >= 4 is 21.6 Å². The van der Waals surface area contributed by atoms with Gasteiger partial charge in [0.2, 0.25) is 0 Å². The van der Waals surface area contributed by atoms with E-state index in [0.717, 1.165) is 6.07 Å². The third kappa shape index (κ3) is 4.17. The maximum atomic E-state index is 12.8. The molecule has 102 valence electrons. The maximum absolute atomic E-state index is 12.8. The van der Waals surface area contributed by atoms with Gasteiger partial charge in [0.15, 0.2) is 0 Å². The molecule has 18 heavy (non-hydrogen) atoms. The highest BCUT2D eigenvalue weighted by atomic mass is 79.9. The third-order valence-corrected chi connectivity index (χ3v) is 2.99. The molecule has 0 saturated carbocycles. The molecule has 0 aliphatic carbocycles. The topological polar surface area (TPSA) is 32.3 Å². The van der Waals surface area contributed by atoms with E-state index in [1.165, 1.54) is 12.1 Å². The molecule has 0 aliphatic rings. The van der Waals surface area contributed by atoms with Gasteiger partial charge in [0.05, 0.1) is 5.56 Å². The Hall–Kier alpha value is -0.750. The van der Waals surface area contributed by atoms with Crippen LogP contribution in [0.25, 0.3) is 0 Å². The Morgan fingerprint density at radius 1 is 1.28 bits per heavy atom. The second kappa shape index (κ2) is 5.48. The fraction of sp³-hybridized carbons (Fsp3) is 0.500. The molecule has 1 aromatic carbocycles. The van der Waals surface area contributed by atoms with Gasteiger partial charge >= 0.3 is 6.18 Å². The molecular formula is C12H15BrF3NO. The molecule has 0 saturated heterocycles. The van der Waals surface area contributed by atoms with Gasteiger partial charge in [0, 0.05) is 22.3 Å². The number of hydrogen-bond donors (Lipinski definition) is 2. The summed E-state index contributed by atoms with van der Waals surface area (Å²) in [5, 5.41) is 11.7. The summed E-state index contributed by atoms with van der Waals surface area (Å²) in [7, 11) is 0. The van der Waals surface area contributed by atoms with Gasteiger partial charge in [0.1, 0.15) is 0 Å². The zero-order valence-corrected chi connectivity index (χ0v) is 11.7. The van der Waals surface area contributed by atoms with E-state index in [9.17, 15) is 13.2 Å². The van der Waals surface area contributed by atoms with Gasteiger partial charge in [-0.3, -0.25) is 0 Å². The van der Waals surface area contributed by atoms with Crippen molar-refractivity contribution in [2.45, 2.75) is 32.0 Å². The minimum atomic E-state index is -4.40. The zero-order chi connectivity index (χ0) is 14.0. The fourth-order valence-corrected chi connectivity index (χ4v) is 1.93. The highest BCUT2D eigenvalue weighted by Crippen LogP contribution is 2.37. The van der Waals surface area contributed by atoms with Crippen molar-refractivity contribution in [2.75, 3.05) is 11.9 Å². The molecule has 0 fully saturated rings. The van der Waals surface area contributed by atoms with E-state index in [1.807, 2.05) is 0 Å². The van der Waals surface area contributed by atoms with Crippen molar-refractivity contribution in [2.24, 2.45) is 0 Å². The lowest BCUT2D eigenvalue weighted by Crippen LogP contribution is -2.33. The number of halogens is 4. The molecule has 0 aliphatic heterocycles. The minimum absolute atomic E-state index is 0.00956. The number of aliphatic hydroxyl groups excluding tert-OH is 1. The van der Waals surface area contributed by atoms with Crippen LogP contribution in [-0.2, 0) is 6.18 Å². The summed E-state index contributed by atoms with van der Waals surface area (Å²) < 4.78 is 39.1. The van der Waals surface area contributed by atoms with Crippen LogP contribution < -0.4 is 5.32 Å². The molecule has 0 aromatic heterocycles. The second-order valence-corrected chi connectivity index (χ2v) is 5.59. The SMILES string of the molecule is CC(C)(CCO)Nc1cc(Br)ccc1C(F)(F)F. The lowest BCUT2D eigenvalue weighted by Gasteiger charge is -2.28. The average Bonchev–Trinajstić information content (AvgIpc) is 2.14. The Bertz CT molecular complexity index is 418. The smallest absolute Gasteiger partial charge is 0.396 e. The standard InChI is InChI=1S/C12H15BrF3NO/c1-11(2,5-6-18)17-10-7-8(13)3-4-9(10)12(14,15)16/h3-4,7,17-18H,5-6H2,1-2H3. The first-order chi connectivity index (χ1) is 8.15. The van der Waals surface area contributed by atoms with Gasteiger partial charge in [-0.05, 0) is 38.5 Å². The van der Waals surface area contributed by atoms with Crippen LogP contribution in [0.15, 0.2) is 22.7 Å². The summed E-state index contributed by atoms with van der Waals surface area (Å²) in [5.74, 6) is 0. The van der Waals surface area contributed by atoms with Crippen molar-refractivity contribution in [1.29, 1.82) is 0 Å². The van der Waals surface area contributed by atoms with E-state index >= 15 is 0 Å². The highest BCUT2D eigenvalue weighted by molar-refractivity contribution is 9.10. The van der Waals surface area contributed by atoms with Crippen LogP contribution in [0.5, 0.6) is 0 Å². The molecular weight excluding hydrogens is 311 g/mol.